The molecule has 1 aromatic heterocycles. The van der Waals surface area contributed by atoms with Crippen LogP contribution in [-0.2, 0) is 24.8 Å². The summed E-state index contributed by atoms with van der Waals surface area (Å²) >= 11 is 1.52. The van der Waals surface area contributed by atoms with Crippen molar-refractivity contribution in [3.05, 3.63) is 35.7 Å². The van der Waals surface area contributed by atoms with E-state index in [0.717, 1.165) is 22.3 Å². The van der Waals surface area contributed by atoms with Gasteiger partial charge >= 0.3 is 0 Å². The van der Waals surface area contributed by atoms with Gasteiger partial charge in [-0.25, -0.2) is 0 Å². The second kappa shape index (κ2) is 7.12. The number of rotatable bonds is 6. The lowest BCUT2D eigenvalue weighted by Gasteiger charge is -2.06. The van der Waals surface area contributed by atoms with Crippen LogP contribution in [0.3, 0.4) is 0 Å². The number of nitrogens with one attached hydrogen (secondary N) is 1. The summed E-state index contributed by atoms with van der Waals surface area (Å²) in [6.07, 6.45) is 2.27. The standard InChI is InChI=1S/C14H18N4O2S/c1-18-12(16-17-14(18)21-3)9-15-13(19)8-10-4-6-11(20-2)7-5-10/h4-7H,8-9H2,1-3H3,(H,15,19). The zero-order chi connectivity index (χ0) is 15.2. The molecule has 0 fully saturated rings. The molecule has 1 heterocycles. The minimum atomic E-state index is -0.0473. The number of hydrogen-bond acceptors (Lipinski definition) is 5. The molecule has 1 aromatic carbocycles. The molecule has 0 spiro atoms. The summed E-state index contributed by atoms with van der Waals surface area (Å²) in [4.78, 5) is 11.9. The van der Waals surface area contributed by atoms with Gasteiger partial charge in [0, 0.05) is 7.05 Å². The molecule has 0 aliphatic heterocycles. The number of aromatic nitrogens is 3. The van der Waals surface area contributed by atoms with E-state index >= 15 is 0 Å². The van der Waals surface area contributed by atoms with Crippen molar-refractivity contribution in [2.45, 2.75) is 18.1 Å². The third-order valence-corrected chi connectivity index (χ3v) is 3.80. The molecular formula is C14H18N4O2S. The van der Waals surface area contributed by atoms with E-state index in [1.54, 1.807) is 7.11 Å². The zero-order valence-corrected chi connectivity index (χ0v) is 13.1. The number of benzene rings is 1. The van der Waals surface area contributed by atoms with E-state index in [-0.39, 0.29) is 5.91 Å². The summed E-state index contributed by atoms with van der Waals surface area (Å²) in [6.45, 7) is 0.374. The van der Waals surface area contributed by atoms with E-state index < -0.39 is 0 Å². The normalized spacial score (nSPS) is 10.4. The first-order chi connectivity index (χ1) is 10.1. The second-order valence-corrected chi connectivity index (χ2v) is 5.24. The minimum absolute atomic E-state index is 0.0473. The maximum Gasteiger partial charge on any atom is 0.224 e. The van der Waals surface area contributed by atoms with Crippen molar-refractivity contribution in [3.8, 4) is 5.75 Å². The Morgan fingerprint density at radius 3 is 2.62 bits per heavy atom. The van der Waals surface area contributed by atoms with Crippen molar-refractivity contribution in [1.82, 2.24) is 20.1 Å². The van der Waals surface area contributed by atoms with Gasteiger partial charge in [-0.3, -0.25) is 4.79 Å². The highest BCUT2D eigenvalue weighted by Gasteiger charge is 2.09. The number of carbonyl (C=O) groups is 1. The average Bonchev–Trinajstić information content (AvgIpc) is 2.86. The molecule has 21 heavy (non-hydrogen) atoms. The largest absolute Gasteiger partial charge is 0.497 e. The van der Waals surface area contributed by atoms with Gasteiger partial charge in [-0.2, -0.15) is 0 Å². The smallest absolute Gasteiger partial charge is 0.224 e. The number of methoxy groups -OCH3 is 1. The van der Waals surface area contributed by atoms with Gasteiger partial charge in [-0.15, -0.1) is 10.2 Å². The van der Waals surface area contributed by atoms with Crippen LogP contribution in [0, 0.1) is 0 Å². The number of carbonyl (C=O) groups excluding carboxylic acids is 1. The molecule has 0 atom stereocenters. The fourth-order valence-electron chi connectivity index (χ4n) is 1.85. The molecule has 0 radical (unpaired) electrons. The Labute approximate surface area is 127 Å². The van der Waals surface area contributed by atoms with Gasteiger partial charge in [-0.05, 0) is 24.0 Å². The van der Waals surface area contributed by atoms with Gasteiger partial charge in [-0.1, -0.05) is 23.9 Å². The van der Waals surface area contributed by atoms with E-state index in [1.807, 2.05) is 42.1 Å². The fourth-order valence-corrected chi connectivity index (χ4v) is 2.35. The van der Waals surface area contributed by atoms with Gasteiger partial charge in [0.05, 0.1) is 20.1 Å². The lowest BCUT2D eigenvalue weighted by molar-refractivity contribution is -0.120. The Kier molecular flexibility index (Phi) is 5.21. The second-order valence-electron chi connectivity index (χ2n) is 4.46. The predicted octanol–water partition coefficient (Wildman–Crippen LogP) is 1.40. The van der Waals surface area contributed by atoms with Gasteiger partial charge < -0.3 is 14.6 Å². The number of thioether (sulfide) groups is 1. The number of ether oxygens (including phenoxy) is 1. The van der Waals surface area contributed by atoms with Crippen molar-refractivity contribution in [2.75, 3.05) is 13.4 Å². The Balaban J connectivity index is 1.87. The molecule has 2 rings (SSSR count). The number of hydrogen-bond donors (Lipinski definition) is 1. The third kappa shape index (κ3) is 3.98. The molecule has 112 valence electrons. The summed E-state index contributed by atoms with van der Waals surface area (Å²) in [5, 5.41) is 11.8. The van der Waals surface area contributed by atoms with E-state index in [1.165, 1.54) is 11.8 Å². The van der Waals surface area contributed by atoms with Crippen molar-refractivity contribution in [1.29, 1.82) is 0 Å². The van der Waals surface area contributed by atoms with Gasteiger partial charge in [0.1, 0.15) is 5.75 Å². The first-order valence-corrected chi connectivity index (χ1v) is 7.68. The van der Waals surface area contributed by atoms with Crippen LogP contribution >= 0.6 is 11.8 Å². The van der Waals surface area contributed by atoms with E-state index in [4.69, 9.17) is 4.74 Å². The molecule has 0 aliphatic carbocycles. The maximum absolute atomic E-state index is 11.9. The molecule has 0 saturated carbocycles. The molecule has 1 amide bonds. The molecule has 0 bridgehead atoms. The fraction of sp³-hybridized carbons (Fsp3) is 0.357. The van der Waals surface area contributed by atoms with Crippen LogP contribution in [0.15, 0.2) is 29.4 Å². The van der Waals surface area contributed by atoms with Gasteiger partial charge in [0.15, 0.2) is 11.0 Å². The van der Waals surface area contributed by atoms with Gasteiger partial charge in [0.2, 0.25) is 5.91 Å². The summed E-state index contributed by atoms with van der Waals surface area (Å²) in [5.41, 5.74) is 0.941. The number of amides is 1. The lowest BCUT2D eigenvalue weighted by atomic mass is 10.1. The molecule has 0 unspecified atom stereocenters. The summed E-state index contributed by atoms with van der Waals surface area (Å²) < 4.78 is 6.96. The molecule has 0 saturated heterocycles. The average molecular weight is 306 g/mol. The molecular weight excluding hydrogens is 288 g/mol. The van der Waals surface area contributed by atoms with Crippen LogP contribution in [0.25, 0.3) is 0 Å². The van der Waals surface area contributed by atoms with Gasteiger partial charge in [0.25, 0.3) is 0 Å². The monoisotopic (exact) mass is 306 g/mol. The highest BCUT2D eigenvalue weighted by molar-refractivity contribution is 7.98. The summed E-state index contributed by atoms with van der Waals surface area (Å²) in [7, 11) is 3.50. The maximum atomic E-state index is 11.9. The minimum Gasteiger partial charge on any atom is -0.497 e. The Hall–Kier alpha value is -2.02. The van der Waals surface area contributed by atoms with Crippen LogP contribution in [0.1, 0.15) is 11.4 Å². The summed E-state index contributed by atoms with van der Waals surface area (Å²) in [5.74, 6) is 1.47. The Morgan fingerprint density at radius 2 is 2.05 bits per heavy atom. The SMILES string of the molecule is COc1ccc(CC(=O)NCc2nnc(SC)n2C)cc1. The van der Waals surface area contributed by atoms with Crippen LogP contribution in [0.4, 0.5) is 0 Å². The highest BCUT2D eigenvalue weighted by atomic mass is 32.2. The third-order valence-electron chi connectivity index (χ3n) is 3.08. The Bertz CT molecular complexity index is 610. The zero-order valence-electron chi connectivity index (χ0n) is 12.3. The first-order valence-electron chi connectivity index (χ1n) is 6.46. The topological polar surface area (TPSA) is 69.0 Å². The quantitative estimate of drug-likeness (QED) is 0.817. The van der Waals surface area contributed by atoms with Crippen molar-refractivity contribution >= 4 is 17.7 Å². The van der Waals surface area contributed by atoms with Crippen molar-refractivity contribution in [3.63, 3.8) is 0 Å². The van der Waals surface area contributed by atoms with E-state index in [2.05, 4.69) is 15.5 Å². The predicted molar refractivity (Wildman–Crippen MR) is 81.3 cm³/mol. The first kappa shape index (κ1) is 15.4. The summed E-state index contributed by atoms with van der Waals surface area (Å²) in [6, 6.07) is 7.45. The van der Waals surface area contributed by atoms with Crippen molar-refractivity contribution < 1.29 is 9.53 Å². The van der Waals surface area contributed by atoms with Crippen LogP contribution in [0.2, 0.25) is 0 Å². The van der Waals surface area contributed by atoms with Crippen LogP contribution in [0.5, 0.6) is 5.75 Å². The van der Waals surface area contributed by atoms with Crippen LogP contribution in [-0.4, -0.2) is 34.0 Å². The lowest BCUT2D eigenvalue weighted by Crippen LogP contribution is -2.26. The van der Waals surface area contributed by atoms with Crippen molar-refractivity contribution in [2.24, 2.45) is 7.05 Å². The molecule has 7 heteroatoms. The number of nitrogens with zero attached hydrogens (tertiary/aromatic N) is 3. The van der Waals surface area contributed by atoms with E-state index in [0.29, 0.717) is 13.0 Å². The molecule has 6 nitrogen and oxygen atoms in total. The Morgan fingerprint density at radius 1 is 1.33 bits per heavy atom. The molecule has 0 aliphatic rings. The van der Waals surface area contributed by atoms with E-state index in [9.17, 15) is 4.79 Å². The molecule has 1 N–H and O–H groups in total. The molecule has 2 aromatic rings. The highest BCUT2D eigenvalue weighted by Crippen LogP contribution is 2.12. The van der Waals surface area contributed by atoms with Crippen LogP contribution < -0.4 is 10.1 Å².